The maximum atomic E-state index is 12.7. The molecule has 1 N–H and O–H groups in total. The molecule has 0 aromatic heterocycles. The van der Waals surface area contributed by atoms with Crippen LogP contribution in [0.25, 0.3) is 0 Å². The zero-order chi connectivity index (χ0) is 14.2. The Morgan fingerprint density at radius 1 is 1.20 bits per heavy atom. The third-order valence-electron chi connectivity index (χ3n) is 5.25. The Hall–Kier alpha value is -1.15. The topological polar surface area (TPSA) is 37.3 Å². The third kappa shape index (κ3) is 2.54. The minimum atomic E-state index is -1.12. The van der Waals surface area contributed by atoms with E-state index in [9.17, 15) is 9.90 Å². The molecule has 108 valence electrons. The van der Waals surface area contributed by atoms with E-state index in [0.29, 0.717) is 30.2 Å². The highest BCUT2D eigenvalue weighted by molar-refractivity contribution is 6.02. The first-order valence-electron chi connectivity index (χ1n) is 7.96. The molecule has 0 amide bonds. The molecule has 0 heterocycles. The number of ketones is 1. The van der Waals surface area contributed by atoms with Crippen molar-refractivity contribution in [1.82, 2.24) is 0 Å². The SMILES string of the molecule is CC1CCC(O)(C(=O)c2cccc(C3CCC3)c2)CC1. The van der Waals surface area contributed by atoms with Gasteiger partial charge in [-0.25, -0.2) is 0 Å². The molecule has 2 saturated carbocycles. The highest BCUT2D eigenvalue weighted by Gasteiger charge is 2.39. The molecule has 0 radical (unpaired) electrons. The van der Waals surface area contributed by atoms with Gasteiger partial charge in [-0.2, -0.15) is 0 Å². The summed E-state index contributed by atoms with van der Waals surface area (Å²) in [6.45, 7) is 2.20. The van der Waals surface area contributed by atoms with E-state index < -0.39 is 5.60 Å². The summed E-state index contributed by atoms with van der Waals surface area (Å²) in [7, 11) is 0. The minimum absolute atomic E-state index is 0.0643. The van der Waals surface area contributed by atoms with Gasteiger partial charge in [0.2, 0.25) is 0 Å². The molecule has 1 aromatic carbocycles. The van der Waals surface area contributed by atoms with Crippen molar-refractivity contribution in [3.63, 3.8) is 0 Å². The van der Waals surface area contributed by atoms with Gasteiger partial charge in [0.1, 0.15) is 5.60 Å². The van der Waals surface area contributed by atoms with Crippen LogP contribution in [0.5, 0.6) is 0 Å². The molecule has 0 unspecified atom stereocenters. The predicted octanol–water partition coefficient (Wildman–Crippen LogP) is 4.08. The van der Waals surface area contributed by atoms with Crippen molar-refractivity contribution in [2.45, 2.75) is 63.4 Å². The van der Waals surface area contributed by atoms with Gasteiger partial charge in [0.25, 0.3) is 0 Å². The lowest BCUT2D eigenvalue weighted by molar-refractivity contribution is 0.00425. The van der Waals surface area contributed by atoms with Gasteiger partial charge < -0.3 is 5.11 Å². The van der Waals surface area contributed by atoms with E-state index in [4.69, 9.17) is 0 Å². The maximum absolute atomic E-state index is 12.7. The molecule has 2 heteroatoms. The fraction of sp³-hybridized carbons (Fsp3) is 0.611. The average Bonchev–Trinajstić information content (AvgIpc) is 2.40. The molecular formula is C18H24O2. The molecule has 2 fully saturated rings. The fourth-order valence-corrected chi connectivity index (χ4v) is 3.41. The van der Waals surface area contributed by atoms with Crippen LogP contribution in [0.1, 0.15) is 73.7 Å². The quantitative estimate of drug-likeness (QED) is 0.842. The molecule has 0 bridgehead atoms. The van der Waals surface area contributed by atoms with Crippen molar-refractivity contribution < 1.29 is 9.90 Å². The van der Waals surface area contributed by atoms with Gasteiger partial charge in [0, 0.05) is 5.56 Å². The van der Waals surface area contributed by atoms with Crippen molar-refractivity contribution in [3.05, 3.63) is 35.4 Å². The van der Waals surface area contributed by atoms with Crippen LogP contribution in [0.15, 0.2) is 24.3 Å². The van der Waals surface area contributed by atoms with E-state index in [1.54, 1.807) is 0 Å². The first-order chi connectivity index (χ1) is 9.58. The molecule has 0 spiro atoms. The average molecular weight is 272 g/mol. The van der Waals surface area contributed by atoms with Crippen LogP contribution < -0.4 is 0 Å². The largest absolute Gasteiger partial charge is 0.382 e. The summed E-state index contributed by atoms with van der Waals surface area (Å²) in [4.78, 5) is 12.7. The fourth-order valence-electron chi connectivity index (χ4n) is 3.41. The lowest BCUT2D eigenvalue weighted by atomic mass is 9.74. The number of benzene rings is 1. The molecule has 1 aromatic rings. The first kappa shape index (κ1) is 13.8. The highest BCUT2D eigenvalue weighted by Crippen LogP contribution is 2.38. The van der Waals surface area contributed by atoms with Crippen molar-refractivity contribution in [2.75, 3.05) is 0 Å². The number of hydrogen-bond acceptors (Lipinski definition) is 2. The predicted molar refractivity (Wildman–Crippen MR) is 79.9 cm³/mol. The normalized spacial score (nSPS) is 30.8. The Morgan fingerprint density at radius 2 is 1.90 bits per heavy atom. The van der Waals surface area contributed by atoms with Crippen LogP contribution in [0.3, 0.4) is 0 Å². The molecular weight excluding hydrogens is 248 g/mol. The summed E-state index contributed by atoms with van der Waals surface area (Å²) in [6.07, 6.45) is 6.89. The number of aliphatic hydroxyl groups is 1. The van der Waals surface area contributed by atoms with Crippen LogP contribution in [-0.2, 0) is 0 Å². The third-order valence-corrected chi connectivity index (χ3v) is 5.25. The summed E-state index contributed by atoms with van der Waals surface area (Å²) in [5.41, 5.74) is 0.853. The number of carbonyl (C=O) groups is 1. The second kappa shape index (κ2) is 5.33. The second-order valence-electron chi connectivity index (χ2n) is 6.80. The van der Waals surface area contributed by atoms with E-state index in [-0.39, 0.29) is 5.78 Å². The van der Waals surface area contributed by atoms with Gasteiger partial charge in [-0.1, -0.05) is 31.5 Å². The van der Waals surface area contributed by atoms with Crippen LogP contribution in [0, 0.1) is 5.92 Å². The number of carbonyl (C=O) groups excluding carboxylic acids is 1. The first-order valence-corrected chi connectivity index (χ1v) is 7.96. The molecule has 0 atom stereocenters. The van der Waals surface area contributed by atoms with E-state index in [2.05, 4.69) is 13.0 Å². The molecule has 0 aliphatic heterocycles. The van der Waals surface area contributed by atoms with Crippen molar-refractivity contribution in [1.29, 1.82) is 0 Å². The Balaban J connectivity index is 1.79. The molecule has 2 nitrogen and oxygen atoms in total. The summed E-state index contributed by atoms with van der Waals surface area (Å²) >= 11 is 0. The summed E-state index contributed by atoms with van der Waals surface area (Å²) in [5, 5.41) is 10.7. The summed E-state index contributed by atoms with van der Waals surface area (Å²) < 4.78 is 0. The maximum Gasteiger partial charge on any atom is 0.194 e. The smallest absolute Gasteiger partial charge is 0.194 e. The van der Waals surface area contributed by atoms with Gasteiger partial charge in [-0.3, -0.25) is 4.79 Å². The number of Topliss-reactive ketones (excluding diaryl/α,β-unsaturated/α-hetero) is 1. The van der Waals surface area contributed by atoms with Gasteiger partial charge in [0.05, 0.1) is 0 Å². The molecule has 0 saturated heterocycles. The number of rotatable bonds is 3. The molecule has 2 aliphatic rings. The van der Waals surface area contributed by atoms with Gasteiger partial charge in [0.15, 0.2) is 5.78 Å². The second-order valence-corrected chi connectivity index (χ2v) is 6.80. The Labute approximate surface area is 121 Å². The molecule has 20 heavy (non-hydrogen) atoms. The molecule has 3 rings (SSSR count). The van der Waals surface area contributed by atoms with Crippen molar-refractivity contribution >= 4 is 5.78 Å². The van der Waals surface area contributed by atoms with Crippen LogP contribution in [0.4, 0.5) is 0 Å². The van der Waals surface area contributed by atoms with E-state index in [1.165, 1.54) is 24.8 Å². The Kier molecular flexibility index (Phi) is 3.68. The standard InChI is InChI=1S/C18H24O2/c1-13-8-10-18(20,11-9-13)17(19)16-7-3-6-15(12-16)14-4-2-5-14/h3,6-7,12-14,20H,2,4-5,8-11H2,1H3. The minimum Gasteiger partial charge on any atom is -0.382 e. The lowest BCUT2D eigenvalue weighted by Gasteiger charge is -2.34. The summed E-state index contributed by atoms with van der Waals surface area (Å²) in [5.74, 6) is 1.19. The van der Waals surface area contributed by atoms with E-state index in [1.807, 2.05) is 18.2 Å². The van der Waals surface area contributed by atoms with Crippen LogP contribution in [-0.4, -0.2) is 16.5 Å². The zero-order valence-electron chi connectivity index (χ0n) is 12.3. The van der Waals surface area contributed by atoms with Crippen LogP contribution >= 0.6 is 0 Å². The van der Waals surface area contributed by atoms with Crippen molar-refractivity contribution in [2.24, 2.45) is 5.92 Å². The van der Waals surface area contributed by atoms with Gasteiger partial charge >= 0.3 is 0 Å². The number of hydrogen-bond donors (Lipinski definition) is 1. The van der Waals surface area contributed by atoms with Crippen LogP contribution in [0.2, 0.25) is 0 Å². The molecule has 2 aliphatic carbocycles. The monoisotopic (exact) mass is 272 g/mol. The van der Waals surface area contributed by atoms with Gasteiger partial charge in [-0.15, -0.1) is 0 Å². The van der Waals surface area contributed by atoms with E-state index in [0.717, 1.165) is 12.8 Å². The highest BCUT2D eigenvalue weighted by atomic mass is 16.3. The lowest BCUT2D eigenvalue weighted by Crippen LogP contribution is -2.42. The van der Waals surface area contributed by atoms with Crippen molar-refractivity contribution in [3.8, 4) is 0 Å². The van der Waals surface area contributed by atoms with E-state index >= 15 is 0 Å². The Morgan fingerprint density at radius 3 is 2.50 bits per heavy atom. The van der Waals surface area contributed by atoms with Gasteiger partial charge in [-0.05, 0) is 62.0 Å². The summed E-state index contributed by atoms with van der Waals surface area (Å²) in [6, 6.07) is 7.96. The zero-order valence-corrected chi connectivity index (χ0v) is 12.3. The Bertz CT molecular complexity index is 494.